The summed E-state index contributed by atoms with van der Waals surface area (Å²) in [6, 6.07) is 8.00. The summed E-state index contributed by atoms with van der Waals surface area (Å²) in [6.45, 7) is 2.66. The molecule has 0 aliphatic heterocycles. The maximum absolute atomic E-state index is 11.4. The monoisotopic (exact) mass is 294 g/mol. The second-order valence-electron chi connectivity index (χ2n) is 4.44. The molecule has 21 heavy (non-hydrogen) atoms. The van der Waals surface area contributed by atoms with E-state index in [0.717, 1.165) is 0 Å². The van der Waals surface area contributed by atoms with E-state index >= 15 is 0 Å². The maximum atomic E-state index is 11.4. The highest BCUT2D eigenvalue weighted by molar-refractivity contribution is 5.95. The molecule has 0 saturated carbocycles. The van der Waals surface area contributed by atoms with Gasteiger partial charge in [-0.25, -0.2) is 9.59 Å². The number of esters is 1. The average molecular weight is 294 g/mol. The number of imide groups is 1. The van der Waals surface area contributed by atoms with Crippen molar-refractivity contribution in [2.24, 2.45) is 0 Å². The summed E-state index contributed by atoms with van der Waals surface area (Å²) in [7, 11) is 0. The van der Waals surface area contributed by atoms with Gasteiger partial charge in [-0.15, -0.1) is 0 Å². The van der Waals surface area contributed by atoms with E-state index in [-0.39, 0.29) is 12.6 Å². The molecule has 0 fully saturated rings. The van der Waals surface area contributed by atoms with Gasteiger partial charge in [0, 0.05) is 6.04 Å². The van der Waals surface area contributed by atoms with Crippen LogP contribution in [0.5, 0.6) is 5.75 Å². The molecule has 1 aromatic rings. The molecule has 0 spiro atoms. The first-order valence-corrected chi connectivity index (χ1v) is 6.41. The second-order valence-corrected chi connectivity index (χ2v) is 4.44. The van der Waals surface area contributed by atoms with Crippen LogP contribution in [0.2, 0.25) is 0 Å². The summed E-state index contributed by atoms with van der Waals surface area (Å²) in [5.41, 5.74) is 0. The lowest BCUT2D eigenvalue weighted by Crippen LogP contribution is -2.44. The van der Waals surface area contributed by atoms with E-state index in [1.807, 2.05) is 11.4 Å². The molecule has 0 atom stereocenters. The number of carbonyl (C=O) groups is 3. The molecule has 7 heteroatoms. The highest BCUT2D eigenvalue weighted by Gasteiger charge is 2.11. The maximum Gasteiger partial charge on any atom is 0.344 e. The Balaban J connectivity index is 2.20. The van der Waals surface area contributed by atoms with Crippen molar-refractivity contribution in [1.29, 1.82) is 0 Å². The smallest absolute Gasteiger partial charge is 0.344 e. The van der Waals surface area contributed by atoms with Gasteiger partial charge in [0.1, 0.15) is 5.75 Å². The molecule has 3 amide bonds. The van der Waals surface area contributed by atoms with Gasteiger partial charge in [-0.2, -0.15) is 0 Å². The van der Waals surface area contributed by atoms with Crippen molar-refractivity contribution in [3.05, 3.63) is 30.3 Å². The second kappa shape index (κ2) is 8.57. The Labute approximate surface area is 122 Å². The Kier molecular flexibility index (Phi) is 6.73. The molecule has 0 aromatic heterocycles. The van der Waals surface area contributed by atoms with E-state index in [2.05, 4.69) is 10.1 Å². The van der Waals surface area contributed by atoms with Crippen LogP contribution in [0.4, 0.5) is 4.79 Å². The molecule has 114 valence electrons. The topological polar surface area (TPSA) is 93.7 Å². The van der Waals surface area contributed by atoms with Crippen LogP contribution in [-0.2, 0) is 14.3 Å². The summed E-state index contributed by atoms with van der Waals surface area (Å²) < 4.78 is 9.82. The number of hydrogen-bond acceptors (Lipinski definition) is 5. The van der Waals surface area contributed by atoms with Crippen LogP contribution in [0.25, 0.3) is 0 Å². The van der Waals surface area contributed by atoms with E-state index in [1.165, 1.54) is 0 Å². The standard InChI is InChI=1S/C14H18N2O5/c1-10(2)15-14(19)16-12(17)8-21-13(18)9-20-11-6-4-3-5-7-11/h3-7,10H,8-9H2,1-2H3,(H2,15,16,17,19). The van der Waals surface area contributed by atoms with Crippen LogP contribution < -0.4 is 15.4 Å². The zero-order valence-corrected chi connectivity index (χ0v) is 11.9. The molecule has 0 radical (unpaired) electrons. The molecule has 0 aliphatic rings. The summed E-state index contributed by atoms with van der Waals surface area (Å²) in [4.78, 5) is 33.9. The van der Waals surface area contributed by atoms with Crippen molar-refractivity contribution < 1.29 is 23.9 Å². The Hall–Kier alpha value is -2.57. The van der Waals surface area contributed by atoms with Crippen LogP contribution in [0, 0.1) is 0 Å². The third-order valence-electron chi connectivity index (χ3n) is 2.14. The third kappa shape index (κ3) is 7.56. The van der Waals surface area contributed by atoms with Gasteiger partial charge in [-0.3, -0.25) is 10.1 Å². The molecule has 1 rings (SSSR count). The van der Waals surface area contributed by atoms with Crippen LogP contribution in [0.15, 0.2) is 30.3 Å². The largest absolute Gasteiger partial charge is 0.482 e. The summed E-state index contributed by atoms with van der Waals surface area (Å²) in [6.07, 6.45) is 0. The fourth-order valence-corrected chi connectivity index (χ4v) is 1.31. The molecule has 0 unspecified atom stereocenters. The summed E-state index contributed by atoms with van der Waals surface area (Å²) in [5, 5.41) is 4.51. The Morgan fingerprint density at radius 1 is 1.10 bits per heavy atom. The van der Waals surface area contributed by atoms with E-state index in [1.54, 1.807) is 38.1 Å². The van der Waals surface area contributed by atoms with Gasteiger partial charge in [0.25, 0.3) is 5.91 Å². The number of hydrogen-bond donors (Lipinski definition) is 2. The lowest BCUT2D eigenvalue weighted by Gasteiger charge is -2.09. The predicted octanol–water partition coefficient (Wildman–Crippen LogP) is 0.843. The van der Waals surface area contributed by atoms with Crippen LogP contribution in [0.3, 0.4) is 0 Å². The number of urea groups is 1. The quantitative estimate of drug-likeness (QED) is 0.758. The van der Waals surface area contributed by atoms with Gasteiger partial charge < -0.3 is 14.8 Å². The molecular formula is C14H18N2O5. The molecule has 7 nitrogen and oxygen atoms in total. The van der Waals surface area contributed by atoms with Gasteiger partial charge >= 0.3 is 12.0 Å². The van der Waals surface area contributed by atoms with Crippen molar-refractivity contribution in [3.63, 3.8) is 0 Å². The minimum atomic E-state index is -0.707. The number of benzene rings is 1. The van der Waals surface area contributed by atoms with Crippen molar-refractivity contribution in [3.8, 4) is 5.75 Å². The van der Waals surface area contributed by atoms with Crippen molar-refractivity contribution in [1.82, 2.24) is 10.6 Å². The molecule has 0 bridgehead atoms. The zero-order chi connectivity index (χ0) is 15.7. The fraction of sp³-hybridized carbons (Fsp3) is 0.357. The van der Waals surface area contributed by atoms with Crippen LogP contribution >= 0.6 is 0 Å². The lowest BCUT2D eigenvalue weighted by atomic mass is 10.3. The van der Waals surface area contributed by atoms with Crippen LogP contribution in [-0.4, -0.2) is 37.2 Å². The Bertz CT molecular complexity index is 487. The lowest BCUT2D eigenvalue weighted by molar-refractivity contribution is -0.150. The van der Waals surface area contributed by atoms with Crippen LogP contribution in [0.1, 0.15) is 13.8 Å². The third-order valence-corrected chi connectivity index (χ3v) is 2.14. The Morgan fingerprint density at radius 2 is 1.76 bits per heavy atom. The molecule has 0 aliphatic carbocycles. The van der Waals surface area contributed by atoms with Gasteiger partial charge in [-0.05, 0) is 26.0 Å². The van der Waals surface area contributed by atoms with E-state index < -0.39 is 24.5 Å². The number of para-hydroxylation sites is 1. The van der Waals surface area contributed by atoms with Crippen molar-refractivity contribution in [2.75, 3.05) is 13.2 Å². The van der Waals surface area contributed by atoms with Gasteiger partial charge in [0.15, 0.2) is 13.2 Å². The minimum Gasteiger partial charge on any atom is -0.482 e. The first kappa shape index (κ1) is 16.5. The SMILES string of the molecule is CC(C)NC(=O)NC(=O)COC(=O)COc1ccccc1. The predicted molar refractivity (Wildman–Crippen MR) is 74.7 cm³/mol. The summed E-state index contributed by atoms with van der Waals surface area (Å²) in [5.74, 6) is -0.880. The first-order chi connectivity index (χ1) is 9.97. The van der Waals surface area contributed by atoms with E-state index in [4.69, 9.17) is 4.74 Å². The zero-order valence-electron chi connectivity index (χ0n) is 11.9. The first-order valence-electron chi connectivity index (χ1n) is 6.41. The van der Waals surface area contributed by atoms with E-state index in [0.29, 0.717) is 5.75 Å². The average Bonchev–Trinajstić information content (AvgIpc) is 2.43. The highest BCUT2D eigenvalue weighted by atomic mass is 16.6. The molecule has 1 aromatic carbocycles. The van der Waals surface area contributed by atoms with Crippen molar-refractivity contribution in [2.45, 2.75) is 19.9 Å². The van der Waals surface area contributed by atoms with Gasteiger partial charge in [0.2, 0.25) is 0 Å². The van der Waals surface area contributed by atoms with E-state index in [9.17, 15) is 14.4 Å². The fourth-order valence-electron chi connectivity index (χ4n) is 1.31. The number of amides is 3. The molecule has 0 heterocycles. The Morgan fingerprint density at radius 3 is 2.38 bits per heavy atom. The number of rotatable bonds is 6. The summed E-state index contributed by atoms with van der Waals surface area (Å²) >= 11 is 0. The van der Waals surface area contributed by atoms with Gasteiger partial charge in [-0.1, -0.05) is 18.2 Å². The molecular weight excluding hydrogens is 276 g/mol. The molecule has 0 saturated heterocycles. The number of ether oxygens (including phenoxy) is 2. The number of carbonyl (C=O) groups excluding carboxylic acids is 3. The highest BCUT2D eigenvalue weighted by Crippen LogP contribution is 2.07. The van der Waals surface area contributed by atoms with Crippen molar-refractivity contribution >= 4 is 17.9 Å². The minimum absolute atomic E-state index is 0.0976. The van der Waals surface area contributed by atoms with Gasteiger partial charge in [0.05, 0.1) is 0 Å². The normalized spacial score (nSPS) is 9.86. The number of nitrogens with one attached hydrogen (secondary N) is 2. The molecule has 2 N–H and O–H groups in total.